The van der Waals surface area contributed by atoms with Crippen LogP contribution < -0.4 is 10.2 Å². The van der Waals surface area contributed by atoms with Crippen molar-refractivity contribution < 1.29 is 4.92 Å². The number of hydrogen-bond donors (Lipinski definition) is 1. The molecule has 0 amide bonds. The molecule has 6 nitrogen and oxygen atoms in total. The molecule has 0 aliphatic carbocycles. The van der Waals surface area contributed by atoms with Crippen LogP contribution >= 0.6 is 0 Å². The number of pyridine rings is 1. The van der Waals surface area contributed by atoms with E-state index < -0.39 is 0 Å². The smallest absolute Gasteiger partial charge is 0.276 e. The fourth-order valence-electron chi connectivity index (χ4n) is 2.59. The molecule has 0 fully saturated rings. The van der Waals surface area contributed by atoms with E-state index in [1.165, 1.54) is 23.3 Å². The van der Waals surface area contributed by atoms with E-state index >= 15 is 0 Å². The molecular formula is C15H16N4O2. The normalized spacial score (nSPS) is 13.7. The van der Waals surface area contributed by atoms with Crippen LogP contribution in [-0.4, -0.2) is 23.5 Å². The van der Waals surface area contributed by atoms with Gasteiger partial charge in [0.15, 0.2) is 0 Å². The number of anilines is 2. The molecular weight excluding hydrogens is 268 g/mol. The maximum absolute atomic E-state index is 11.0. The van der Waals surface area contributed by atoms with Crippen LogP contribution in [0, 0.1) is 10.1 Å². The summed E-state index contributed by atoms with van der Waals surface area (Å²) in [6, 6.07) is 11.3. The Labute approximate surface area is 122 Å². The summed E-state index contributed by atoms with van der Waals surface area (Å²) in [6.45, 7) is 1.54. The molecule has 6 heteroatoms. The third-order valence-corrected chi connectivity index (χ3v) is 3.72. The van der Waals surface area contributed by atoms with Crippen molar-refractivity contribution in [2.45, 2.75) is 13.0 Å². The lowest BCUT2D eigenvalue weighted by atomic mass is 10.00. The Hall–Kier alpha value is -2.63. The zero-order valence-corrected chi connectivity index (χ0v) is 11.7. The van der Waals surface area contributed by atoms with Crippen molar-refractivity contribution >= 4 is 17.3 Å². The van der Waals surface area contributed by atoms with Crippen molar-refractivity contribution in [3.8, 4) is 0 Å². The van der Waals surface area contributed by atoms with Crippen molar-refractivity contribution in [2.24, 2.45) is 0 Å². The average Bonchev–Trinajstić information content (AvgIpc) is 2.53. The van der Waals surface area contributed by atoms with Gasteiger partial charge in [0.2, 0.25) is 0 Å². The van der Waals surface area contributed by atoms with Crippen LogP contribution in [0.1, 0.15) is 11.1 Å². The van der Waals surface area contributed by atoms with Gasteiger partial charge >= 0.3 is 0 Å². The maximum atomic E-state index is 11.0. The molecule has 1 N–H and O–H groups in total. The Balaban J connectivity index is 1.94. The SMILES string of the molecule is CNc1cc([N+](=O)[O-])cc(N2CCc3ccccc3C2)n1. The van der Waals surface area contributed by atoms with Gasteiger partial charge in [0.05, 0.1) is 17.1 Å². The van der Waals surface area contributed by atoms with Crippen LogP contribution in [0.3, 0.4) is 0 Å². The Bertz CT molecular complexity index is 687. The van der Waals surface area contributed by atoms with Gasteiger partial charge in [0.1, 0.15) is 11.6 Å². The van der Waals surface area contributed by atoms with E-state index in [0.717, 1.165) is 19.5 Å². The van der Waals surface area contributed by atoms with E-state index in [9.17, 15) is 10.1 Å². The molecule has 1 aliphatic rings. The fraction of sp³-hybridized carbons (Fsp3) is 0.267. The summed E-state index contributed by atoms with van der Waals surface area (Å²) in [5, 5.41) is 13.9. The van der Waals surface area contributed by atoms with Crippen molar-refractivity contribution in [3.63, 3.8) is 0 Å². The topological polar surface area (TPSA) is 71.3 Å². The molecule has 0 saturated heterocycles. The summed E-state index contributed by atoms with van der Waals surface area (Å²) in [6.07, 6.45) is 0.926. The lowest BCUT2D eigenvalue weighted by Crippen LogP contribution is -2.31. The highest BCUT2D eigenvalue weighted by atomic mass is 16.6. The van der Waals surface area contributed by atoms with Crippen molar-refractivity contribution in [1.29, 1.82) is 0 Å². The predicted molar refractivity (Wildman–Crippen MR) is 81.6 cm³/mol. The Morgan fingerprint density at radius 1 is 1.29 bits per heavy atom. The molecule has 0 spiro atoms. The predicted octanol–water partition coefficient (Wildman–Crippen LogP) is 2.59. The monoisotopic (exact) mass is 284 g/mol. The average molecular weight is 284 g/mol. The number of nitrogens with one attached hydrogen (secondary N) is 1. The standard InChI is InChI=1S/C15H16N4O2/c1-16-14-8-13(19(20)21)9-15(17-14)18-7-6-11-4-2-3-5-12(11)10-18/h2-5,8-9H,6-7,10H2,1H3,(H,16,17). The summed E-state index contributed by atoms with van der Waals surface area (Å²) in [4.78, 5) is 17.2. The number of hydrogen-bond acceptors (Lipinski definition) is 5. The van der Waals surface area contributed by atoms with Gasteiger partial charge < -0.3 is 10.2 Å². The lowest BCUT2D eigenvalue weighted by Gasteiger charge is -2.29. The van der Waals surface area contributed by atoms with Crippen LogP contribution in [-0.2, 0) is 13.0 Å². The molecule has 21 heavy (non-hydrogen) atoms. The van der Waals surface area contributed by atoms with Crippen LogP contribution in [0.15, 0.2) is 36.4 Å². The van der Waals surface area contributed by atoms with Crippen molar-refractivity contribution in [2.75, 3.05) is 23.8 Å². The first-order valence-electron chi connectivity index (χ1n) is 6.83. The first kappa shape index (κ1) is 13.4. The van der Waals surface area contributed by atoms with E-state index in [1.807, 2.05) is 12.1 Å². The molecule has 2 heterocycles. The van der Waals surface area contributed by atoms with Gasteiger partial charge in [-0.05, 0) is 17.5 Å². The molecule has 3 rings (SSSR count). The van der Waals surface area contributed by atoms with Gasteiger partial charge in [-0.1, -0.05) is 24.3 Å². The summed E-state index contributed by atoms with van der Waals surface area (Å²) in [5.74, 6) is 1.15. The number of rotatable bonds is 3. The summed E-state index contributed by atoms with van der Waals surface area (Å²) in [7, 11) is 1.71. The molecule has 1 aromatic carbocycles. The van der Waals surface area contributed by atoms with Gasteiger partial charge in [0.25, 0.3) is 5.69 Å². The van der Waals surface area contributed by atoms with Gasteiger partial charge in [0, 0.05) is 20.1 Å². The number of benzene rings is 1. The van der Waals surface area contributed by atoms with Crippen LogP contribution in [0.2, 0.25) is 0 Å². The van der Waals surface area contributed by atoms with Gasteiger partial charge in [-0.2, -0.15) is 0 Å². The van der Waals surface area contributed by atoms with E-state index in [1.54, 1.807) is 7.05 Å². The minimum Gasteiger partial charge on any atom is -0.373 e. The molecule has 0 saturated carbocycles. The third kappa shape index (κ3) is 2.65. The van der Waals surface area contributed by atoms with Gasteiger partial charge in [-0.25, -0.2) is 4.98 Å². The van der Waals surface area contributed by atoms with E-state index in [2.05, 4.69) is 27.3 Å². The molecule has 0 unspecified atom stereocenters. The van der Waals surface area contributed by atoms with Gasteiger partial charge in [-0.15, -0.1) is 0 Å². The molecule has 1 aromatic heterocycles. The second-order valence-corrected chi connectivity index (χ2v) is 5.02. The zero-order valence-electron chi connectivity index (χ0n) is 11.7. The molecule has 2 aromatic rings. The third-order valence-electron chi connectivity index (χ3n) is 3.72. The summed E-state index contributed by atoms with van der Waals surface area (Å²) < 4.78 is 0. The highest BCUT2D eigenvalue weighted by Crippen LogP contribution is 2.27. The fourth-order valence-corrected chi connectivity index (χ4v) is 2.59. The maximum Gasteiger partial charge on any atom is 0.276 e. The van der Waals surface area contributed by atoms with Crippen molar-refractivity contribution in [3.05, 3.63) is 57.6 Å². The first-order chi connectivity index (χ1) is 10.2. The number of nitro groups is 1. The molecule has 108 valence electrons. The summed E-state index contributed by atoms with van der Waals surface area (Å²) >= 11 is 0. The minimum absolute atomic E-state index is 0.0585. The Morgan fingerprint density at radius 3 is 2.76 bits per heavy atom. The zero-order chi connectivity index (χ0) is 14.8. The molecule has 0 bridgehead atoms. The quantitative estimate of drug-likeness (QED) is 0.693. The van der Waals surface area contributed by atoms with Crippen LogP contribution in [0.4, 0.5) is 17.3 Å². The number of nitrogens with zero attached hydrogens (tertiary/aromatic N) is 3. The lowest BCUT2D eigenvalue weighted by molar-refractivity contribution is -0.384. The Kier molecular flexibility index (Phi) is 3.43. The first-order valence-corrected chi connectivity index (χ1v) is 6.83. The highest BCUT2D eigenvalue weighted by molar-refractivity contribution is 5.56. The highest BCUT2D eigenvalue weighted by Gasteiger charge is 2.20. The van der Waals surface area contributed by atoms with Crippen LogP contribution in [0.25, 0.3) is 0 Å². The van der Waals surface area contributed by atoms with E-state index in [-0.39, 0.29) is 10.6 Å². The Morgan fingerprint density at radius 2 is 2.05 bits per heavy atom. The number of aromatic nitrogens is 1. The molecule has 0 atom stereocenters. The van der Waals surface area contributed by atoms with Crippen molar-refractivity contribution in [1.82, 2.24) is 4.98 Å². The van der Waals surface area contributed by atoms with Crippen LogP contribution in [0.5, 0.6) is 0 Å². The van der Waals surface area contributed by atoms with Gasteiger partial charge in [-0.3, -0.25) is 10.1 Å². The largest absolute Gasteiger partial charge is 0.373 e. The van der Waals surface area contributed by atoms with E-state index in [0.29, 0.717) is 11.6 Å². The second-order valence-electron chi connectivity index (χ2n) is 5.02. The number of fused-ring (bicyclic) bond motifs is 1. The molecule has 1 aliphatic heterocycles. The second kappa shape index (κ2) is 5.40. The minimum atomic E-state index is -0.385. The summed E-state index contributed by atoms with van der Waals surface area (Å²) in [5.41, 5.74) is 2.65. The van der Waals surface area contributed by atoms with E-state index in [4.69, 9.17) is 0 Å². The molecule has 0 radical (unpaired) electrons.